The monoisotopic (exact) mass is 769 g/mol. The highest BCUT2D eigenvalue weighted by molar-refractivity contribution is 6.24. The summed E-state index contributed by atoms with van der Waals surface area (Å²) in [5, 5.41) is 6.70. The van der Waals surface area contributed by atoms with Crippen molar-refractivity contribution in [2.45, 2.75) is 0 Å². The van der Waals surface area contributed by atoms with Crippen LogP contribution < -0.4 is 0 Å². The number of hydrogen-bond acceptors (Lipinski definition) is 5. The van der Waals surface area contributed by atoms with Crippen LogP contribution in [-0.4, -0.2) is 33.6 Å². The van der Waals surface area contributed by atoms with Crippen LogP contribution in [0, 0.1) is 0 Å². The van der Waals surface area contributed by atoms with E-state index >= 15 is 0 Å². The van der Waals surface area contributed by atoms with E-state index in [4.69, 9.17) is 24.4 Å². The zero-order chi connectivity index (χ0) is 39.3. The van der Waals surface area contributed by atoms with Gasteiger partial charge in [-0.2, -0.15) is 15.0 Å². The van der Waals surface area contributed by atoms with Gasteiger partial charge in [0, 0.05) is 43.4 Å². The SMILES string of the molecule is c1ccc(-c2nc(-c3ccccc3)nc(-n3c4ccccc4c4ccc5c6ccccc6n(-c6cccc7nc(-n8c9ccccc9c9ccccc98)oc67)c5c43)n2)cc1. The maximum atomic E-state index is 6.99. The molecule has 0 N–H and O–H groups in total. The van der Waals surface area contributed by atoms with Crippen molar-refractivity contribution >= 4 is 76.5 Å². The molecule has 0 spiro atoms. The molecular weight excluding hydrogens is 739 g/mol. The van der Waals surface area contributed by atoms with Gasteiger partial charge >= 0.3 is 6.01 Å². The van der Waals surface area contributed by atoms with Gasteiger partial charge in [0.15, 0.2) is 17.2 Å². The van der Waals surface area contributed by atoms with Gasteiger partial charge in [0.1, 0.15) is 5.52 Å². The fourth-order valence-electron chi connectivity index (χ4n) is 9.18. The molecule has 0 aliphatic heterocycles. The minimum Gasteiger partial charge on any atom is -0.421 e. The summed E-state index contributed by atoms with van der Waals surface area (Å²) in [6, 6.07) is 65.4. The molecule has 0 saturated heterocycles. The highest BCUT2D eigenvalue weighted by Crippen LogP contribution is 2.43. The van der Waals surface area contributed by atoms with Gasteiger partial charge in [-0.1, -0.05) is 152 Å². The van der Waals surface area contributed by atoms with Crippen molar-refractivity contribution in [1.29, 1.82) is 0 Å². The minimum atomic E-state index is 0.516. The smallest absolute Gasteiger partial charge is 0.307 e. The number of nitrogens with zero attached hydrogens (tertiary/aromatic N) is 7. The standard InChI is InChI=1S/C52H31N7O/c1-3-16-32(17-4-1)49-54-50(33-18-5-2-6-19-33)56-51(55-49)59-44-28-14-10-23-37(44)39-31-30-38-36-22-9-11-25-41(36)57(46(38)47(39)59)45-29-15-24-40-48(45)60-52(53-40)58-42-26-12-7-20-34(42)35-21-8-13-27-43(35)58/h1-31H. The van der Waals surface area contributed by atoms with Crippen molar-refractivity contribution in [2.75, 3.05) is 0 Å². The van der Waals surface area contributed by atoms with Gasteiger partial charge in [0.2, 0.25) is 5.95 Å². The van der Waals surface area contributed by atoms with Crippen LogP contribution >= 0.6 is 0 Å². The number of para-hydroxylation sites is 5. The Morgan fingerprint density at radius 3 is 1.33 bits per heavy atom. The molecular formula is C52H31N7O. The quantitative estimate of drug-likeness (QED) is 0.174. The van der Waals surface area contributed by atoms with Crippen LogP contribution in [0.4, 0.5) is 0 Å². The Morgan fingerprint density at radius 1 is 0.333 bits per heavy atom. The molecule has 280 valence electrons. The lowest BCUT2D eigenvalue weighted by Gasteiger charge is -2.13. The Kier molecular flexibility index (Phi) is 6.85. The lowest BCUT2D eigenvalue weighted by molar-refractivity contribution is 0.573. The van der Waals surface area contributed by atoms with E-state index in [9.17, 15) is 0 Å². The summed E-state index contributed by atoms with van der Waals surface area (Å²) in [4.78, 5) is 20.7. The summed E-state index contributed by atoms with van der Waals surface area (Å²) < 4.78 is 13.7. The molecule has 0 saturated carbocycles. The Balaban J connectivity index is 1.15. The Morgan fingerprint density at radius 2 is 0.783 bits per heavy atom. The van der Waals surface area contributed by atoms with Crippen LogP contribution in [0.1, 0.15) is 0 Å². The van der Waals surface area contributed by atoms with Crippen molar-refractivity contribution in [3.05, 3.63) is 188 Å². The molecule has 0 amide bonds. The van der Waals surface area contributed by atoms with E-state index in [1.165, 1.54) is 0 Å². The van der Waals surface area contributed by atoms with Gasteiger partial charge in [-0.15, -0.1) is 0 Å². The van der Waals surface area contributed by atoms with E-state index < -0.39 is 0 Å². The molecule has 0 bridgehead atoms. The lowest BCUT2D eigenvalue weighted by Crippen LogP contribution is -2.07. The molecule has 8 aromatic carbocycles. The highest BCUT2D eigenvalue weighted by Gasteiger charge is 2.25. The van der Waals surface area contributed by atoms with E-state index in [2.05, 4.69) is 135 Å². The molecule has 0 fully saturated rings. The number of oxazole rings is 1. The molecule has 0 aliphatic carbocycles. The number of aromatic nitrogens is 7. The number of fused-ring (bicyclic) bond motifs is 11. The molecule has 0 radical (unpaired) electrons. The van der Waals surface area contributed by atoms with Crippen LogP contribution in [0.2, 0.25) is 0 Å². The van der Waals surface area contributed by atoms with Gasteiger partial charge in [-0.3, -0.25) is 9.13 Å². The van der Waals surface area contributed by atoms with Crippen LogP contribution in [0.25, 0.3) is 117 Å². The predicted molar refractivity (Wildman–Crippen MR) is 241 cm³/mol. The minimum absolute atomic E-state index is 0.516. The molecule has 60 heavy (non-hydrogen) atoms. The van der Waals surface area contributed by atoms with Gasteiger partial charge in [-0.05, 0) is 36.4 Å². The van der Waals surface area contributed by atoms with Crippen LogP contribution in [-0.2, 0) is 0 Å². The van der Waals surface area contributed by atoms with E-state index in [1.54, 1.807) is 0 Å². The summed E-state index contributed by atoms with van der Waals surface area (Å²) in [5.74, 6) is 1.73. The normalized spacial score (nSPS) is 12.0. The van der Waals surface area contributed by atoms with Crippen LogP contribution in [0.5, 0.6) is 0 Å². The first-order valence-corrected chi connectivity index (χ1v) is 20.0. The second-order valence-electron chi connectivity index (χ2n) is 15.1. The summed E-state index contributed by atoms with van der Waals surface area (Å²) in [6.07, 6.45) is 0. The molecule has 0 atom stereocenters. The van der Waals surface area contributed by atoms with Crippen LogP contribution in [0.15, 0.2) is 192 Å². The van der Waals surface area contributed by atoms with E-state index in [-0.39, 0.29) is 0 Å². The Bertz CT molecular complexity index is 3730. The van der Waals surface area contributed by atoms with Crippen molar-refractivity contribution < 1.29 is 4.42 Å². The number of benzene rings is 8. The third-order valence-electron chi connectivity index (χ3n) is 11.8. The summed E-state index contributed by atoms with van der Waals surface area (Å²) >= 11 is 0. The first kappa shape index (κ1) is 32.7. The van der Waals surface area contributed by atoms with Gasteiger partial charge in [0.25, 0.3) is 0 Å². The third kappa shape index (κ3) is 4.67. The second kappa shape index (κ2) is 12.6. The molecule has 5 aromatic heterocycles. The van der Waals surface area contributed by atoms with E-state index in [0.717, 1.165) is 87.7 Å². The Labute approximate surface area is 341 Å². The third-order valence-corrected chi connectivity index (χ3v) is 11.8. The molecule has 13 rings (SSSR count). The molecule has 5 heterocycles. The topological polar surface area (TPSA) is 79.5 Å². The number of hydrogen-bond donors (Lipinski definition) is 0. The predicted octanol–water partition coefficient (Wildman–Crippen LogP) is 12.6. The fraction of sp³-hybridized carbons (Fsp3) is 0. The zero-order valence-corrected chi connectivity index (χ0v) is 31.9. The van der Waals surface area contributed by atoms with Crippen molar-refractivity contribution in [3.63, 3.8) is 0 Å². The summed E-state index contributed by atoms with van der Waals surface area (Å²) in [6.45, 7) is 0. The van der Waals surface area contributed by atoms with Gasteiger partial charge in [-0.25, -0.2) is 4.98 Å². The zero-order valence-electron chi connectivity index (χ0n) is 31.9. The second-order valence-corrected chi connectivity index (χ2v) is 15.1. The lowest BCUT2D eigenvalue weighted by atomic mass is 10.1. The largest absolute Gasteiger partial charge is 0.421 e. The Hall–Kier alpha value is -8.36. The average Bonchev–Trinajstić information content (AvgIpc) is 4.07. The van der Waals surface area contributed by atoms with Crippen molar-refractivity contribution in [2.24, 2.45) is 0 Å². The fourth-order valence-corrected chi connectivity index (χ4v) is 9.18. The highest BCUT2D eigenvalue weighted by atomic mass is 16.4. The first-order chi connectivity index (χ1) is 29.8. The molecule has 13 aromatic rings. The molecule has 8 heteroatoms. The van der Waals surface area contributed by atoms with E-state index in [1.807, 2.05) is 66.7 Å². The van der Waals surface area contributed by atoms with Gasteiger partial charge in [0.05, 0.1) is 38.8 Å². The number of rotatable bonds is 5. The first-order valence-electron chi connectivity index (χ1n) is 20.0. The molecule has 0 aliphatic rings. The maximum absolute atomic E-state index is 6.99. The van der Waals surface area contributed by atoms with Crippen molar-refractivity contribution in [1.82, 2.24) is 33.6 Å². The average molecular weight is 770 g/mol. The van der Waals surface area contributed by atoms with Crippen LogP contribution in [0.3, 0.4) is 0 Å². The summed E-state index contributed by atoms with van der Waals surface area (Å²) in [7, 11) is 0. The molecule has 0 unspecified atom stereocenters. The summed E-state index contributed by atoms with van der Waals surface area (Å²) in [5.41, 5.74) is 10.3. The molecule has 8 nitrogen and oxygen atoms in total. The van der Waals surface area contributed by atoms with E-state index in [0.29, 0.717) is 29.2 Å². The van der Waals surface area contributed by atoms with Gasteiger partial charge < -0.3 is 8.98 Å². The maximum Gasteiger partial charge on any atom is 0.307 e. The van der Waals surface area contributed by atoms with Crippen molar-refractivity contribution in [3.8, 4) is 40.4 Å².